The maximum Gasteiger partial charge on any atom is 0.237 e. The van der Waals surface area contributed by atoms with Crippen LogP contribution >= 0.6 is 11.8 Å². The van der Waals surface area contributed by atoms with Crippen molar-refractivity contribution in [3.8, 4) is 5.69 Å². The van der Waals surface area contributed by atoms with Crippen LogP contribution in [0, 0.1) is 13.8 Å². The van der Waals surface area contributed by atoms with Gasteiger partial charge in [0.1, 0.15) is 0 Å². The van der Waals surface area contributed by atoms with Crippen LogP contribution in [0.25, 0.3) is 5.69 Å². The summed E-state index contributed by atoms with van der Waals surface area (Å²) in [7, 11) is 0. The lowest BCUT2D eigenvalue weighted by molar-refractivity contribution is -0.115. The van der Waals surface area contributed by atoms with Crippen molar-refractivity contribution >= 4 is 29.1 Å². The molecule has 7 nitrogen and oxygen atoms in total. The average molecular weight is 395 g/mol. The molecule has 0 radical (unpaired) electrons. The van der Waals surface area contributed by atoms with Crippen molar-refractivity contribution in [2.24, 2.45) is 0 Å². The Morgan fingerprint density at radius 1 is 1.11 bits per heavy atom. The van der Waals surface area contributed by atoms with E-state index in [1.54, 1.807) is 35.9 Å². The Bertz CT molecular complexity index is 1010. The number of nitrogens with one attached hydrogen (secondary N) is 1. The van der Waals surface area contributed by atoms with E-state index in [-0.39, 0.29) is 11.7 Å². The Hall–Kier alpha value is -3.00. The number of rotatable bonds is 6. The first kappa shape index (κ1) is 19.8. The van der Waals surface area contributed by atoms with Crippen LogP contribution < -0.4 is 5.32 Å². The van der Waals surface area contributed by atoms with Gasteiger partial charge in [-0.3, -0.25) is 9.59 Å². The van der Waals surface area contributed by atoms with E-state index in [1.165, 1.54) is 18.7 Å². The number of anilines is 1. The molecule has 0 fully saturated rings. The molecule has 144 valence electrons. The summed E-state index contributed by atoms with van der Waals surface area (Å²) in [5.74, 6) is -0.330. The minimum Gasteiger partial charge on any atom is -0.324 e. The first-order chi connectivity index (χ1) is 13.3. The van der Waals surface area contributed by atoms with Gasteiger partial charge in [0.05, 0.1) is 16.6 Å². The molecule has 1 amide bonds. The van der Waals surface area contributed by atoms with Gasteiger partial charge in [0.25, 0.3) is 0 Å². The lowest BCUT2D eigenvalue weighted by Crippen LogP contribution is -2.24. The van der Waals surface area contributed by atoms with Gasteiger partial charge in [0.2, 0.25) is 11.1 Å². The molecule has 0 spiro atoms. The number of para-hydroxylation sites is 1. The zero-order chi connectivity index (χ0) is 20.3. The van der Waals surface area contributed by atoms with Gasteiger partial charge < -0.3 is 5.32 Å². The van der Waals surface area contributed by atoms with Gasteiger partial charge in [-0.1, -0.05) is 30.0 Å². The third kappa shape index (κ3) is 4.45. The standard InChI is InChI=1S/C20H21N5O2S/c1-12-9-13(2)11-16(10-12)25-20(22-23-24-25)28-15(4)19(27)21-18-8-6-5-7-17(18)14(3)26/h5-11,15H,1-4H3,(H,21,27)/t15-/m0/s1. The minimum atomic E-state index is -0.462. The number of thioether (sulfide) groups is 1. The zero-order valence-electron chi connectivity index (χ0n) is 16.1. The third-order valence-electron chi connectivity index (χ3n) is 4.11. The predicted octanol–water partition coefficient (Wildman–Crippen LogP) is 3.60. The summed E-state index contributed by atoms with van der Waals surface area (Å²) in [6.07, 6.45) is 0. The second-order valence-corrected chi connectivity index (χ2v) is 7.88. The number of aromatic nitrogens is 4. The van der Waals surface area contributed by atoms with E-state index in [9.17, 15) is 9.59 Å². The number of benzene rings is 2. The minimum absolute atomic E-state index is 0.102. The molecule has 0 bridgehead atoms. The number of Topliss-reactive ketones (excluding diaryl/α,β-unsaturated/α-hetero) is 1. The normalized spacial score (nSPS) is 11.9. The molecule has 1 N–H and O–H groups in total. The van der Waals surface area contributed by atoms with Crippen LogP contribution in [-0.2, 0) is 4.79 Å². The molecule has 3 rings (SSSR count). The molecule has 0 saturated heterocycles. The molecule has 0 unspecified atom stereocenters. The van der Waals surface area contributed by atoms with Crippen molar-refractivity contribution in [1.82, 2.24) is 20.2 Å². The summed E-state index contributed by atoms with van der Waals surface area (Å²) >= 11 is 1.25. The molecule has 0 aliphatic rings. The van der Waals surface area contributed by atoms with Crippen LogP contribution in [0.2, 0.25) is 0 Å². The monoisotopic (exact) mass is 395 g/mol. The van der Waals surface area contributed by atoms with Crippen molar-refractivity contribution in [3.05, 3.63) is 59.2 Å². The molecule has 0 saturated carbocycles. The first-order valence-electron chi connectivity index (χ1n) is 8.79. The van der Waals surface area contributed by atoms with Gasteiger partial charge in [-0.2, -0.15) is 4.68 Å². The van der Waals surface area contributed by atoms with Crippen LogP contribution in [-0.4, -0.2) is 37.1 Å². The molecule has 3 aromatic rings. The fraction of sp³-hybridized carbons (Fsp3) is 0.250. The third-order valence-corrected chi connectivity index (χ3v) is 5.14. The van der Waals surface area contributed by atoms with E-state index >= 15 is 0 Å². The molecule has 8 heteroatoms. The molecule has 0 aliphatic heterocycles. The molecule has 0 aliphatic carbocycles. The highest BCUT2D eigenvalue weighted by molar-refractivity contribution is 8.00. The maximum atomic E-state index is 12.6. The summed E-state index contributed by atoms with van der Waals surface area (Å²) < 4.78 is 1.62. The van der Waals surface area contributed by atoms with Crippen molar-refractivity contribution in [2.45, 2.75) is 38.1 Å². The van der Waals surface area contributed by atoms with E-state index in [4.69, 9.17) is 0 Å². The largest absolute Gasteiger partial charge is 0.324 e. The Morgan fingerprint density at radius 2 is 1.79 bits per heavy atom. The van der Waals surface area contributed by atoms with Crippen molar-refractivity contribution in [3.63, 3.8) is 0 Å². The topological polar surface area (TPSA) is 89.8 Å². The highest BCUT2D eigenvalue weighted by Crippen LogP contribution is 2.25. The van der Waals surface area contributed by atoms with E-state index in [1.807, 2.05) is 26.0 Å². The quantitative estimate of drug-likeness (QED) is 0.507. The Morgan fingerprint density at radius 3 is 2.46 bits per heavy atom. The number of carbonyl (C=O) groups excluding carboxylic acids is 2. The van der Waals surface area contributed by atoms with Crippen LogP contribution in [0.15, 0.2) is 47.6 Å². The van der Waals surface area contributed by atoms with Gasteiger partial charge in [-0.25, -0.2) is 0 Å². The Balaban J connectivity index is 1.77. The first-order valence-corrected chi connectivity index (χ1v) is 9.67. The summed E-state index contributed by atoms with van der Waals surface area (Å²) in [5, 5.41) is 14.8. The number of aryl methyl sites for hydroxylation is 2. The fourth-order valence-corrected chi connectivity index (χ4v) is 3.64. The molecule has 28 heavy (non-hydrogen) atoms. The molecule has 1 aromatic heterocycles. The van der Waals surface area contributed by atoms with Crippen LogP contribution in [0.5, 0.6) is 0 Å². The maximum absolute atomic E-state index is 12.6. The highest BCUT2D eigenvalue weighted by Gasteiger charge is 2.20. The molecule has 1 atom stereocenters. The molecule has 1 heterocycles. The summed E-state index contributed by atoms with van der Waals surface area (Å²) in [5.41, 5.74) is 4.04. The lowest BCUT2D eigenvalue weighted by Gasteiger charge is -2.13. The van der Waals surface area contributed by atoms with Crippen LogP contribution in [0.4, 0.5) is 5.69 Å². The summed E-state index contributed by atoms with van der Waals surface area (Å²) in [4.78, 5) is 24.4. The molecular formula is C20H21N5O2S. The fourth-order valence-electron chi connectivity index (χ4n) is 2.83. The van der Waals surface area contributed by atoms with Gasteiger partial charge >= 0.3 is 0 Å². The van der Waals surface area contributed by atoms with Crippen molar-refractivity contribution in [2.75, 3.05) is 5.32 Å². The summed E-state index contributed by atoms with van der Waals surface area (Å²) in [6, 6.07) is 13.0. The molecular weight excluding hydrogens is 374 g/mol. The van der Waals surface area contributed by atoms with E-state index in [0.717, 1.165) is 16.8 Å². The number of amides is 1. The van der Waals surface area contributed by atoms with Gasteiger partial charge in [0.15, 0.2) is 5.78 Å². The SMILES string of the molecule is CC(=O)c1ccccc1NC(=O)[C@H](C)Sc1nnnn1-c1cc(C)cc(C)c1. The lowest BCUT2D eigenvalue weighted by atomic mass is 10.1. The van der Waals surface area contributed by atoms with E-state index in [2.05, 4.69) is 26.9 Å². The van der Waals surface area contributed by atoms with E-state index < -0.39 is 5.25 Å². The van der Waals surface area contributed by atoms with Crippen LogP contribution in [0.3, 0.4) is 0 Å². The number of carbonyl (C=O) groups is 2. The van der Waals surface area contributed by atoms with Crippen molar-refractivity contribution in [1.29, 1.82) is 0 Å². The summed E-state index contributed by atoms with van der Waals surface area (Å²) in [6.45, 7) is 7.27. The number of tetrazole rings is 1. The van der Waals surface area contributed by atoms with Gasteiger partial charge in [-0.15, -0.1) is 5.10 Å². The number of nitrogens with zero attached hydrogens (tertiary/aromatic N) is 4. The Labute approximate surface area is 167 Å². The van der Waals surface area contributed by atoms with Crippen LogP contribution in [0.1, 0.15) is 35.3 Å². The highest BCUT2D eigenvalue weighted by atomic mass is 32.2. The molecule has 2 aromatic carbocycles. The smallest absolute Gasteiger partial charge is 0.237 e. The second-order valence-electron chi connectivity index (χ2n) is 6.57. The number of ketones is 1. The van der Waals surface area contributed by atoms with E-state index in [0.29, 0.717) is 16.4 Å². The number of hydrogen-bond donors (Lipinski definition) is 1. The van der Waals surface area contributed by atoms with Gasteiger partial charge in [-0.05, 0) is 73.5 Å². The average Bonchev–Trinajstić information content (AvgIpc) is 3.09. The Kier molecular flexibility index (Phi) is 5.89. The number of hydrogen-bond acceptors (Lipinski definition) is 6. The van der Waals surface area contributed by atoms with Gasteiger partial charge in [0, 0.05) is 5.56 Å². The predicted molar refractivity (Wildman–Crippen MR) is 109 cm³/mol. The second kappa shape index (κ2) is 8.35. The zero-order valence-corrected chi connectivity index (χ0v) is 16.9. The van der Waals surface area contributed by atoms with Crippen molar-refractivity contribution < 1.29 is 9.59 Å².